The van der Waals surface area contributed by atoms with Gasteiger partial charge < -0.3 is 44.4 Å². The van der Waals surface area contributed by atoms with Crippen molar-refractivity contribution in [3.8, 4) is 11.5 Å². The standard InChI is InChI=1S/C42H63N5O7Si.C35H46N4O7/c1-12-14-20-36(52-9)29(5)38(48)45-37(28(3)4)39(49)44-35(26-30-17-15-18-33(25-30)54-55(10,11)42(6,7)8)40(50)47-23-16-19-34(46-47)41(51)53-27-31-21-22-43-32(13-2)24-31;1-22(2)28-20-31(41)23(3)32(45-4)13-6-5-10-26-17-25(14-15-36-26)21-46-35(44)29-12-8-16-39(38-29)34(43)30(37-33(28)42)19-24-9-7-11-27(40)18-24/h12-13,15,17-18,21-22,24-25,28-29,34-37,46H,1-2,14,16,19-20,23,26-27H2,3-11H3,(H,44,49)(H,45,48);5,7,9-11,14-15,17-18,22-23,28-30,32,38,40H,6,8,12-13,16,19-21H2,1-4H3,(H,37,42)/b;10-5+/t29-,34+,35+,36-,37+;23-,28-,29-,30-,32+/m10/s1. The van der Waals surface area contributed by atoms with Crippen molar-refractivity contribution in [1.29, 1.82) is 0 Å². The first-order valence-electron chi connectivity index (χ1n) is 35.3. The van der Waals surface area contributed by atoms with Gasteiger partial charge in [-0.15, -0.1) is 6.58 Å². The number of hydrazine groups is 2. The fourth-order valence-corrected chi connectivity index (χ4v) is 12.9. The lowest BCUT2D eigenvalue weighted by atomic mass is 9.84. The summed E-state index contributed by atoms with van der Waals surface area (Å²) in [4.78, 5) is 118. The van der Waals surface area contributed by atoms with Crippen LogP contribution in [0.25, 0.3) is 12.2 Å². The summed E-state index contributed by atoms with van der Waals surface area (Å²) < 4.78 is 29.1. The molecule has 23 nitrogen and oxygen atoms in total. The summed E-state index contributed by atoms with van der Waals surface area (Å²) in [5.74, 6) is -4.54. The van der Waals surface area contributed by atoms with E-state index in [0.717, 1.165) is 16.7 Å². The summed E-state index contributed by atoms with van der Waals surface area (Å²) in [6, 6.07) is 16.8. The molecule has 7 rings (SSSR count). The lowest BCUT2D eigenvalue weighted by Gasteiger charge is -2.36. The monoisotopic (exact) mass is 1410 g/mol. The van der Waals surface area contributed by atoms with Crippen LogP contribution in [0, 0.1) is 29.6 Å². The molecule has 6 N–H and O–H groups in total. The van der Waals surface area contributed by atoms with Crippen molar-refractivity contribution >= 4 is 67.7 Å². The van der Waals surface area contributed by atoms with Crippen molar-refractivity contribution in [3.05, 3.63) is 144 Å². The molecule has 3 aliphatic heterocycles. The Labute approximate surface area is 597 Å². The zero-order valence-electron chi connectivity index (χ0n) is 61.4. The predicted molar refractivity (Wildman–Crippen MR) is 390 cm³/mol. The van der Waals surface area contributed by atoms with Gasteiger partial charge in [-0.1, -0.05) is 105 Å². The first-order valence-corrected chi connectivity index (χ1v) is 38.2. The van der Waals surface area contributed by atoms with Crippen molar-refractivity contribution in [2.45, 2.75) is 207 Å². The summed E-state index contributed by atoms with van der Waals surface area (Å²) in [5.41, 5.74) is 10.4. The molecule has 0 radical (unpaired) electrons. The van der Waals surface area contributed by atoms with Crippen LogP contribution in [0.3, 0.4) is 0 Å². The van der Waals surface area contributed by atoms with E-state index < -0.39 is 91.8 Å². The summed E-state index contributed by atoms with van der Waals surface area (Å²) in [7, 11) is 0.975. The molecule has 0 aliphatic carbocycles. The van der Waals surface area contributed by atoms with E-state index >= 15 is 0 Å². The SMILES string of the molecule is C=CCC[C@@H](OC)[C@@H](C)C(=O)N[C@H](C(=O)N[C@@H](Cc1cccc(O[Si](C)(C)C(C)(C)C)c1)C(=O)N1CCC[C@@H](C(=O)OCc2ccnc(C=C)c2)N1)C(C)C.CO[C@@H]1CC/C=C/c2cc(ccn2)COC(=O)[C@@H]2CCCN(N2)C(=O)[C@H](Cc2cccc(O)c2)NC(=O)[C@H](C(C)C)CC(=O)[C@@H]1C. The van der Waals surface area contributed by atoms with Gasteiger partial charge in [-0.25, -0.2) is 10.9 Å². The van der Waals surface area contributed by atoms with Crippen LogP contribution in [0.1, 0.15) is 154 Å². The quantitative estimate of drug-likeness (QED) is 0.0229. The third kappa shape index (κ3) is 24.7. The number of ether oxygens (including phenoxy) is 4. The van der Waals surface area contributed by atoms with Crippen LogP contribution < -0.4 is 31.2 Å². The van der Waals surface area contributed by atoms with Crippen molar-refractivity contribution in [2.24, 2.45) is 29.6 Å². The number of carbonyl (C=O) groups excluding carboxylic acids is 8. The Morgan fingerprint density at radius 3 is 2.26 bits per heavy atom. The number of phenolic OH excluding ortho intramolecular Hbond substituents is 1. The minimum Gasteiger partial charge on any atom is -0.543 e. The van der Waals surface area contributed by atoms with Crippen LogP contribution in [-0.4, -0.2) is 150 Å². The van der Waals surface area contributed by atoms with Gasteiger partial charge in [-0.2, -0.15) is 0 Å². The molecule has 24 heteroatoms. The molecule has 2 aromatic heterocycles. The molecule has 2 aromatic carbocycles. The molecule has 10 atom stereocenters. The number of fused-ring (bicyclic) bond motifs is 4. The highest BCUT2D eigenvalue weighted by Crippen LogP contribution is 2.38. The lowest BCUT2D eigenvalue weighted by Crippen LogP contribution is -2.62. The Bertz CT molecular complexity index is 3500. The number of hydrogen-bond acceptors (Lipinski definition) is 18. The Hall–Kier alpha value is -8.42. The molecule has 2 fully saturated rings. The van der Waals surface area contributed by atoms with Crippen LogP contribution in [0.2, 0.25) is 18.1 Å². The average molecular weight is 1410 g/mol. The van der Waals surface area contributed by atoms with E-state index in [0.29, 0.717) is 87.2 Å². The van der Waals surface area contributed by atoms with Crippen molar-refractivity contribution < 1.29 is 66.8 Å². The number of nitrogens with one attached hydrogen (secondary N) is 5. The number of ketones is 1. The Balaban J connectivity index is 0.000000323. The normalized spacial score (nSPS) is 21.3. The van der Waals surface area contributed by atoms with Crippen LogP contribution in [0.5, 0.6) is 11.5 Å². The zero-order chi connectivity index (χ0) is 74.1. The molecule has 0 saturated carbocycles. The molecule has 2 saturated heterocycles. The number of carbonyl (C=O) groups is 8. The fraction of sp³-hybridized carbons (Fsp3) is 0.532. The molecular formula is C77H109N9O14Si. The van der Waals surface area contributed by atoms with Gasteiger partial charge in [0.25, 0.3) is 11.8 Å². The number of allylic oxidation sites excluding steroid dienone is 2. The number of cyclic esters (lactones) is 1. The molecule has 4 bridgehead atoms. The highest BCUT2D eigenvalue weighted by Gasteiger charge is 2.41. The van der Waals surface area contributed by atoms with Gasteiger partial charge in [0.2, 0.25) is 26.0 Å². The predicted octanol–water partition coefficient (Wildman–Crippen LogP) is 9.88. The minimum atomic E-state index is -2.17. The number of nitrogens with zero attached hydrogens (tertiary/aromatic N) is 4. The first-order chi connectivity index (χ1) is 47.9. The van der Waals surface area contributed by atoms with E-state index in [1.54, 1.807) is 82.1 Å². The van der Waals surface area contributed by atoms with Crippen molar-refractivity contribution in [2.75, 3.05) is 27.3 Å². The number of rotatable bonds is 23. The van der Waals surface area contributed by atoms with Gasteiger partial charge in [0.05, 0.1) is 29.5 Å². The number of aromatic nitrogens is 2. The second kappa shape index (κ2) is 39.1. The number of hydrogen-bond donors (Lipinski definition) is 6. The van der Waals surface area contributed by atoms with E-state index in [2.05, 4.69) is 83.8 Å². The topological polar surface area (TPSA) is 295 Å². The molecule has 5 amide bonds. The number of amides is 5. The Morgan fingerprint density at radius 2 is 1.57 bits per heavy atom. The van der Waals surface area contributed by atoms with Crippen LogP contribution in [0.4, 0.5) is 0 Å². The van der Waals surface area contributed by atoms with Gasteiger partial charge in [-0.05, 0) is 164 Å². The van der Waals surface area contributed by atoms with Crippen LogP contribution >= 0.6 is 0 Å². The van der Waals surface area contributed by atoms with Gasteiger partial charge in [0, 0.05) is 70.8 Å². The second-order valence-corrected chi connectivity index (χ2v) is 33.4. The molecule has 0 spiro atoms. The van der Waals surface area contributed by atoms with E-state index in [-0.39, 0.29) is 79.0 Å². The fourth-order valence-electron chi connectivity index (χ4n) is 11.9. The van der Waals surface area contributed by atoms with Crippen LogP contribution in [-0.2, 0) is 83.4 Å². The number of aromatic hydroxyl groups is 1. The summed E-state index contributed by atoms with van der Waals surface area (Å²) >= 11 is 0. The zero-order valence-corrected chi connectivity index (χ0v) is 62.4. The third-order valence-corrected chi connectivity index (χ3v) is 23.6. The third-order valence-electron chi connectivity index (χ3n) is 19.2. The van der Waals surface area contributed by atoms with E-state index in [4.69, 9.17) is 23.4 Å². The Kier molecular flexibility index (Phi) is 31.6. The lowest BCUT2D eigenvalue weighted by molar-refractivity contribution is -0.155. The van der Waals surface area contributed by atoms with Crippen LogP contribution in [0.15, 0.2) is 111 Å². The van der Waals surface area contributed by atoms with E-state index in [1.165, 1.54) is 16.1 Å². The van der Waals surface area contributed by atoms with Gasteiger partial charge in [-0.3, -0.25) is 58.3 Å². The number of Topliss-reactive ketones (excluding diaryl/α,β-unsaturated/α-hetero) is 1. The van der Waals surface area contributed by atoms with Gasteiger partial charge in [0.15, 0.2) is 0 Å². The maximum Gasteiger partial charge on any atom is 0.325 e. The summed E-state index contributed by atoms with van der Waals surface area (Å²) in [6.07, 6.45) is 14.7. The van der Waals surface area contributed by atoms with E-state index in [1.807, 2.05) is 77.1 Å². The molecule has 0 unspecified atom stereocenters. The van der Waals surface area contributed by atoms with Gasteiger partial charge in [0.1, 0.15) is 60.7 Å². The van der Waals surface area contributed by atoms with Crippen molar-refractivity contribution in [3.63, 3.8) is 0 Å². The van der Waals surface area contributed by atoms with Crippen molar-refractivity contribution in [1.82, 2.24) is 46.8 Å². The average Bonchev–Trinajstić information content (AvgIpc) is 0.828. The first kappa shape index (κ1) is 81.5. The number of pyridine rings is 2. The highest BCUT2D eigenvalue weighted by atomic mass is 28.4. The molecule has 4 aromatic rings. The van der Waals surface area contributed by atoms with Gasteiger partial charge >= 0.3 is 11.9 Å². The summed E-state index contributed by atoms with van der Waals surface area (Å²) in [6.45, 7) is 30.1. The largest absolute Gasteiger partial charge is 0.543 e. The number of methoxy groups -OCH3 is 2. The molecule has 5 heterocycles. The maximum atomic E-state index is 14.4. The molecule has 550 valence electrons. The van der Waals surface area contributed by atoms with E-state index in [9.17, 15) is 43.5 Å². The number of phenols is 1. The maximum absolute atomic E-state index is 14.4. The molecule has 3 aliphatic rings. The molecular weight excluding hydrogens is 1300 g/mol. The smallest absolute Gasteiger partial charge is 0.325 e. The number of esters is 2. The second-order valence-electron chi connectivity index (χ2n) is 28.7. The Morgan fingerprint density at radius 1 is 0.851 bits per heavy atom. The number of benzene rings is 2. The highest BCUT2D eigenvalue weighted by molar-refractivity contribution is 6.74. The minimum absolute atomic E-state index is 0.00000715. The summed E-state index contributed by atoms with van der Waals surface area (Å²) in [5, 5.41) is 21.6. The molecule has 101 heavy (non-hydrogen) atoms.